The number of carbonyl (C=O) groups is 2. The third kappa shape index (κ3) is 4.19. The fourth-order valence-corrected chi connectivity index (χ4v) is 2.93. The molecule has 1 fully saturated rings. The lowest BCUT2D eigenvalue weighted by Gasteiger charge is -2.25. The minimum absolute atomic E-state index is 0.0491. The molecule has 0 aromatic carbocycles. The number of ether oxygens (including phenoxy) is 1. The van der Waals surface area contributed by atoms with Gasteiger partial charge in [0.15, 0.2) is 0 Å². The summed E-state index contributed by atoms with van der Waals surface area (Å²) >= 11 is 0. The zero-order chi connectivity index (χ0) is 16.8. The van der Waals surface area contributed by atoms with Crippen LogP contribution in [0, 0.1) is 0 Å². The SMILES string of the molecule is CNC(=O)C[C@H]1CC[C@@H](CNC(=O)c2ccncc2OC)N1C. The minimum atomic E-state index is -0.174. The first kappa shape index (κ1) is 17.2. The van der Waals surface area contributed by atoms with Crippen molar-refractivity contribution in [2.24, 2.45) is 0 Å². The molecule has 0 spiro atoms. The normalized spacial score (nSPS) is 21.0. The van der Waals surface area contributed by atoms with Crippen LogP contribution in [0.5, 0.6) is 5.75 Å². The van der Waals surface area contributed by atoms with Gasteiger partial charge in [0.25, 0.3) is 5.91 Å². The van der Waals surface area contributed by atoms with Crippen molar-refractivity contribution in [1.29, 1.82) is 0 Å². The fraction of sp³-hybridized carbons (Fsp3) is 0.562. The molecule has 2 amide bonds. The van der Waals surface area contributed by atoms with Gasteiger partial charge in [0.1, 0.15) is 5.75 Å². The molecule has 7 heteroatoms. The molecule has 23 heavy (non-hydrogen) atoms. The molecule has 1 saturated heterocycles. The van der Waals surface area contributed by atoms with E-state index in [-0.39, 0.29) is 23.9 Å². The molecule has 126 valence electrons. The topological polar surface area (TPSA) is 83.6 Å². The van der Waals surface area contributed by atoms with Crippen LogP contribution in [-0.2, 0) is 4.79 Å². The molecular weight excluding hydrogens is 296 g/mol. The van der Waals surface area contributed by atoms with E-state index in [4.69, 9.17) is 4.74 Å². The summed E-state index contributed by atoms with van der Waals surface area (Å²) in [6, 6.07) is 2.11. The Bertz CT molecular complexity index is 564. The maximum Gasteiger partial charge on any atom is 0.255 e. The Kier molecular flexibility index (Phi) is 5.92. The lowest BCUT2D eigenvalue weighted by Crippen LogP contribution is -2.42. The van der Waals surface area contributed by atoms with Crippen LogP contribution in [0.2, 0.25) is 0 Å². The number of amides is 2. The first-order chi connectivity index (χ1) is 11.1. The Morgan fingerprint density at radius 1 is 1.39 bits per heavy atom. The number of rotatable bonds is 6. The summed E-state index contributed by atoms with van der Waals surface area (Å²) in [6.45, 7) is 0.547. The molecule has 2 rings (SSSR count). The number of likely N-dealkylation sites (tertiary alicyclic amines) is 1. The van der Waals surface area contributed by atoms with E-state index in [9.17, 15) is 9.59 Å². The summed E-state index contributed by atoms with van der Waals surface area (Å²) in [5.41, 5.74) is 0.477. The Morgan fingerprint density at radius 3 is 2.83 bits per heavy atom. The zero-order valence-electron chi connectivity index (χ0n) is 13.8. The predicted molar refractivity (Wildman–Crippen MR) is 86.4 cm³/mol. The standard InChI is InChI=1S/C16H24N4O3/c1-17-15(21)8-11-4-5-12(20(11)2)9-19-16(22)13-6-7-18-10-14(13)23-3/h6-7,10-12H,4-5,8-9H2,1-3H3,(H,17,21)(H,19,22)/t11-,12+/m1/s1. The highest BCUT2D eigenvalue weighted by molar-refractivity contribution is 5.96. The van der Waals surface area contributed by atoms with Crippen molar-refractivity contribution in [1.82, 2.24) is 20.5 Å². The maximum atomic E-state index is 12.3. The average molecular weight is 320 g/mol. The number of pyridine rings is 1. The van der Waals surface area contributed by atoms with Crippen LogP contribution in [-0.4, -0.2) is 61.5 Å². The van der Waals surface area contributed by atoms with Gasteiger partial charge in [0.05, 0.1) is 18.9 Å². The highest BCUT2D eigenvalue weighted by Gasteiger charge is 2.31. The molecule has 0 aliphatic carbocycles. The number of methoxy groups -OCH3 is 1. The van der Waals surface area contributed by atoms with Crippen LogP contribution in [0.4, 0.5) is 0 Å². The quantitative estimate of drug-likeness (QED) is 0.794. The second kappa shape index (κ2) is 7.92. The molecule has 1 aromatic heterocycles. The highest BCUT2D eigenvalue weighted by Crippen LogP contribution is 2.24. The van der Waals surface area contributed by atoms with Gasteiger partial charge in [-0.05, 0) is 26.0 Å². The maximum absolute atomic E-state index is 12.3. The van der Waals surface area contributed by atoms with Crippen LogP contribution in [0.25, 0.3) is 0 Å². The molecule has 0 saturated carbocycles. The second-order valence-corrected chi connectivity index (χ2v) is 5.71. The summed E-state index contributed by atoms with van der Waals surface area (Å²) in [4.78, 5) is 29.9. The van der Waals surface area contributed by atoms with E-state index in [1.807, 2.05) is 7.05 Å². The third-order valence-electron chi connectivity index (χ3n) is 4.43. The van der Waals surface area contributed by atoms with Crippen molar-refractivity contribution in [3.05, 3.63) is 24.0 Å². The van der Waals surface area contributed by atoms with Gasteiger partial charge >= 0.3 is 0 Å². The third-order valence-corrected chi connectivity index (χ3v) is 4.43. The van der Waals surface area contributed by atoms with Crippen molar-refractivity contribution in [2.45, 2.75) is 31.3 Å². The molecule has 2 N–H and O–H groups in total. The zero-order valence-corrected chi connectivity index (χ0v) is 13.8. The molecule has 0 radical (unpaired) electrons. The number of likely N-dealkylation sites (N-methyl/N-ethyl adjacent to an activating group) is 1. The van der Waals surface area contributed by atoms with Gasteiger partial charge in [-0.2, -0.15) is 0 Å². The number of aromatic nitrogens is 1. The van der Waals surface area contributed by atoms with Gasteiger partial charge in [-0.3, -0.25) is 19.5 Å². The van der Waals surface area contributed by atoms with Gasteiger partial charge in [0, 0.05) is 38.3 Å². The summed E-state index contributed by atoms with van der Waals surface area (Å²) < 4.78 is 5.15. The van der Waals surface area contributed by atoms with Crippen molar-refractivity contribution < 1.29 is 14.3 Å². The van der Waals surface area contributed by atoms with E-state index in [0.717, 1.165) is 12.8 Å². The summed E-state index contributed by atoms with van der Waals surface area (Å²) in [5.74, 6) is 0.336. The molecule has 0 unspecified atom stereocenters. The lowest BCUT2D eigenvalue weighted by molar-refractivity contribution is -0.121. The number of nitrogens with one attached hydrogen (secondary N) is 2. The first-order valence-corrected chi connectivity index (χ1v) is 7.75. The Balaban J connectivity index is 1.89. The molecule has 1 aliphatic heterocycles. The number of carbonyl (C=O) groups excluding carboxylic acids is 2. The molecule has 0 bridgehead atoms. The smallest absolute Gasteiger partial charge is 0.255 e. The van der Waals surface area contributed by atoms with E-state index in [1.54, 1.807) is 19.3 Å². The van der Waals surface area contributed by atoms with Crippen LogP contribution in [0.1, 0.15) is 29.6 Å². The van der Waals surface area contributed by atoms with Gasteiger partial charge in [-0.1, -0.05) is 0 Å². The summed E-state index contributed by atoms with van der Waals surface area (Å²) in [5, 5.41) is 5.60. The van der Waals surface area contributed by atoms with Crippen molar-refractivity contribution >= 4 is 11.8 Å². The number of hydrogen-bond donors (Lipinski definition) is 2. The molecule has 1 aromatic rings. The number of nitrogens with zero attached hydrogens (tertiary/aromatic N) is 2. The summed E-state index contributed by atoms with van der Waals surface area (Å²) in [7, 11) is 5.17. The lowest BCUT2D eigenvalue weighted by atomic mass is 10.1. The predicted octanol–water partition coefficient (Wildman–Crippen LogP) is 0.419. The van der Waals surface area contributed by atoms with E-state index >= 15 is 0 Å². The number of hydrogen-bond acceptors (Lipinski definition) is 5. The van der Waals surface area contributed by atoms with Gasteiger partial charge in [0.2, 0.25) is 5.91 Å². The van der Waals surface area contributed by atoms with Gasteiger partial charge in [-0.15, -0.1) is 0 Å². The van der Waals surface area contributed by atoms with E-state index in [0.29, 0.717) is 24.3 Å². The molecule has 2 heterocycles. The van der Waals surface area contributed by atoms with Crippen LogP contribution in [0.15, 0.2) is 18.5 Å². The second-order valence-electron chi connectivity index (χ2n) is 5.71. The summed E-state index contributed by atoms with van der Waals surface area (Å²) in [6.07, 6.45) is 5.51. The Morgan fingerprint density at radius 2 is 2.13 bits per heavy atom. The fourth-order valence-electron chi connectivity index (χ4n) is 2.93. The Labute approximate surface area is 136 Å². The van der Waals surface area contributed by atoms with Crippen LogP contribution < -0.4 is 15.4 Å². The molecule has 7 nitrogen and oxygen atoms in total. The first-order valence-electron chi connectivity index (χ1n) is 7.75. The van der Waals surface area contributed by atoms with Crippen molar-refractivity contribution in [2.75, 3.05) is 27.7 Å². The molecule has 2 atom stereocenters. The Hall–Kier alpha value is -2.15. The van der Waals surface area contributed by atoms with Crippen molar-refractivity contribution in [3.63, 3.8) is 0 Å². The van der Waals surface area contributed by atoms with Gasteiger partial charge < -0.3 is 15.4 Å². The average Bonchev–Trinajstić information content (AvgIpc) is 2.92. The molecular formula is C16H24N4O3. The molecule has 1 aliphatic rings. The van der Waals surface area contributed by atoms with Crippen LogP contribution >= 0.6 is 0 Å². The monoisotopic (exact) mass is 320 g/mol. The van der Waals surface area contributed by atoms with E-state index in [2.05, 4.69) is 20.5 Å². The van der Waals surface area contributed by atoms with Gasteiger partial charge in [-0.25, -0.2) is 0 Å². The van der Waals surface area contributed by atoms with E-state index < -0.39 is 0 Å². The van der Waals surface area contributed by atoms with E-state index in [1.165, 1.54) is 13.3 Å². The largest absolute Gasteiger partial charge is 0.494 e. The highest BCUT2D eigenvalue weighted by atomic mass is 16.5. The van der Waals surface area contributed by atoms with Crippen molar-refractivity contribution in [3.8, 4) is 5.75 Å². The van der Waals surface area contributed by atoms with Crippen LogP contribution in [0.3, 0.4) is 0 Å². The minimum Gasteiger partial charge on any atom is -0.494 e.